The first kappa shape index (κ1) is 19.5. The van der Waals surface area contributed by atoms with E-state index in [1.54, 1.807) is 19.2 Å². The second-order valence-corrected chi connectivity index (χ2v) is 8.84. The Balaban J connectivity index is 1.83. The van der Waals surface area contributed by atoms with Gasteiger partial charge in [0.25, 0.3) is 10.0 Å². The number of hydrogen-bond donors (Lipinski definition) is 0. The maximum atomic E-state index is 13.4. The lowest BCUT2D eigenvalue weighted by molar-refractivity contribution is 0.350. The van der Waals surface area contributed by atoms with Crippen molar-refractivity contribution in [1.82, 2.24) is 4.41 Å². The molecule has 0 N–H and O–H groups in total. The molecule has 148 valence electrons. The summed E-state index contributed by atoms with van der Waals surface area (Å²) in [5, 5.41) is 5.01. The Kier molecular flexibility index (Phi) is 5.30. The van der Waals surface area contributed by atoms with Crippen LogP contribution in [0, 0.1) is 0 Å². The van der Waals surface area contributed by atoms with E-state index in [0.717, 1.165) is 11.1 Å². The minimum absolute atomic E-state index is 0.139. The molecule has 0 spiro atoms. The van der Waals surface area contributed by atoms with Crippen LogP contribution >= 0.6 is 11.6 Å². The van der Waals surface area contributed by atoms with E-state index < -0.39 is 16.1 Å². The summed E-state index contributed by atoms with van der Waals surface area (Å²) in [6.45, 7) is 0. The summed E-state index contributed by atoms with van der Waals surface area (Å²) in [4.78, 5) is 0.139. The number of methoxy groups -OCH3 is 1. The molecule has 7 heteroatoms. The van der Waals surface area contributed by atoms with Gasteiger partial charge in [0.2, 0.25) is 0 Å². The summed E-state index contributed by atoms with van der Waals surface area (Å²) in [5.41, 5.74) is 2.36. The second-order valence-electron chi connectivity index (χ2n) is 6.61. The Morgan fingerprint density at radius 3 is 2.31 bits per heavy atom. The largest absolute Gasteiger partial charge is 0.496 e. The number of ether oxygens (including phenoxy) is 1. The topological polar surface area (TPSA) is 59.0 Å². The number of benzene rings is 3. The molecule has 0 bridgehead atoms. The quantitative estimate of drug-likeness (QED) is 0.583. The molecule has 1 aliphatic rings. The van der Waals surface area contributed by atoms with Crippen molar-refractivity contribution < 1.29 is 13.2 Å². The lowest BCUT2D eigenvalue weighted by Crippen LogP contribution is -2.27. The average molecular weight is 427 g/mol. The maximum absolute atomic E-state index is 13.4. The van der Waals surface area contributed by atoms with Gasteiger partial charge < -0.3 is 4.74 Å². The van der Waals surface area contributed by atoms with E-state index in [-0.39, 0.29) is 4.90 Å². The summed E-state index contributed by atoms with van der Waals surface area (Å²) in [7, 11) is -2.31. The van der Waals surface area contributed by atoms with Crippen LogP contribution in [0.1, 0.15) is 23.6 Å². The van der Waals surface area contributed by atoms with Crippen molar-refractivity contribution in [1.29, 1.82) is 0 Å². The van der Waals surface area contributed by atoms with Crippen LogP contribution in [0.4, 0.5) is 0 Å². The van der Waals surface area contributed by atoms with Crippen molar-refractivity contribution in [2.24, 2.45) is 5.10 Å². The number of sulfonamides is 1. The summed E-state index contributed by atoms with van der Waals surface area (Å²) >= 11 is 5.94. The molecule has 3 aromatic rings. The van der Waals surface area contributed by atoms with E-state index in [1.807, 2.05) is 54.6 Å². The van der Waals surface area contributed by atoms with Gasteiger partial charge in [-0.15, -0.1) is 0 Å². The van der Waals surface area contributed by atoms with E-state index in [2.05, 4.69) is 5.10 Å². The summed E-state index contributed by atoms with van der Waals surface area (Å²) in [6, 6.07) is 22.6. The number of hydrogen-bond acceptors (Lipinski definition) is 4. The highest BCUT2D eigenvalue weighted by atomic mass is 35.5. The zero-order valence-electron chi connectivity index (χ0n) is 15.7. The van der Waals surface area contributed by atoms with Gasteiger partial charge in [-0.05, 0) is 35.9 Å². The zero-order valence-corrected chi connectivity index (χ0v) is 17.3. The molecule has 1 heterocycles. The van der Waals surface area contributed by atoms with E-state index in [9.17, 15) is 8.42 Å². The van der Waals surface area contributed by atoms with Crippen LogP contribution in [0.3, 0.4) is 0 Å². The average Bonchev–Trinajstić information content (AvgIpc) is 3.21. The van der Waals surface area contributed by atoms with Crippen LogP contribution < -0.4 is 4.74 Å². The third kappa shape index (κ3) is 3.73. The molecule has 1 atom stereocenters. The molecule has 0 aromatic heterocycles. The molecular weight excluding hydrogens is 408 g/mol. The Bertz CT molecular complexity index is 1150. The van der Waals surface area contributed by atoms with Gasteiger partial charge in [0.05, 0.1) is 23.8 Å². The normalized spacial score (nSPS) is 16.6. The lowest BCUT2D eigenvalue weighted by Gasteiger charge is -2.24. The van der Waals surface area contributed by atoms with Gasteiger partial charge in [-0.2, -0.15) is 17.9 Å². The van der Waals surface area contributed by atoms with Gasteiger partial charge in [0, 0.05) is 17.0 Å². The van der Waals surface area contributed by atoms with Crippen LogP contribution in [0.5, 0.6) is 5.75 Å². The summed E-state index contributed by atoms with van der Waals surface area (Å²) < 4.78 is 33.6. The second kappa shape index (κ2) is 7.89. The monoisotopic (exact) mass is 426 g/mol. The van der Waals surface area contributed by atoms with Crippen LogP contribution in [-0.4, -0.2) is 25.7 Å². The smallest absolute Gasteiger partial charge is 0.279 e. The highest BCUT2D eigenvalue weighted by Crippen LogP contribution is 2.40. The number of para-hydroxylation sites is 1. The molecule has 29 heavy (non-hydrogen) atoms. The Labute approximate surface area is 175 Å². The molecule has 1 unspecified atom stereocenters. The number of rotatable bonds is 5. The van der Waals surface area contributed by atoms with E-state index >= 15 is 0 Å². The predicted molar refractivity (Wildman–Crippen MR) is 114 cm³/mol. The first-order valence-electron chi connectivity index (χ1n) is 9.06. The Morgan fingerprint density at radius 2 is 1.62 bits per heavy atom. The predicted octanol–water partition coefficient (Wildman–Crippen LogP) is 4.89. The van der Waals surface area contributed by atoms with Crippen LogP contribution in [0.15, 0.2) is 88.9 Å². The molecule has 0 aliphatic carbocycles. The number of hydrazone groups is 1. The highest BCUT2D eigenvalue weighted by molar-refractivity contribution is 7.89. The molecule has 4 rings (SSSR count). The summed E-state index contributed by atoms with van der Waals surface area (Å²) in [5.74, 6) is 0.623. The molecule has 0 fully saturated rings. The molecule has 3 aromatic carbocycles. The molecular formula is C22H19ClN2O3S. The fourth-order valence-corrected chi connectivity index (χ4v) is 4.95. The number of halogens is 1. The van der Waals surface area contributed by atoms with Crippen molar-refractivity contribution in [2.75, 3.05) is 7.11 Å². The molecule has 5 nitrogen and oxygen atoms in total. The van der Waals surface area contributed by atoms with Crippen molar-refractivity contribution in [3.8, 4) is 5.75 Å². The van der Waals surface area contributed by atoms with E-state index in [1.165, 1.54) is 16.5 Å². The third-order valence-electron chi connectivity index (χ3n) is 4.84. The fourth-order valence-electron chi connectivity index (χ4n) is 3.40. The standard InChI is InChI=1S/C22H19ClN2O3S/c1-28-22-10-6-5-9-19(22)21-15-20(16-7-3-2-4-8-16)24-25(21)29(26,27)18-13-11-17(23)12-14-18/h2-14,21H,15H2,1H3. The molecule has 0 saturated heterocycles. The molecule has 0 radical (unpaired) electrons. The van der Waals surface area contributed by atoms with Crippen LogP contribution in [0.25, 0.3) is 0 Å². The van der Waals surface area contributed by atoms with Crippen molar-refractivity contribution in [3.05, 3.63) is 95.0 Å². The summed E-state index contributed by atoms with van der Waals surface area (Å²) in [6.07, 6.45) is 0.442. The highest BCUT2D eigenvalue weighted by Gasteiger charge is 2.38. The third-order valence-corrected chi connectivity index (χ3v) is 6.78. The van der Waals surface area contributed by atoms with Gasteiger partial charge in [0.1, 0.15) is 5.75 Å². The van der Waals surface area contributed by atoms with Gasteiger partial charge in [-0.1, -0.05) is 60.1 Å². The Morgan fingerprint density at radius 1 is 0.966 bits per heavy atom. The minimum Gasteiger partial charge on any atom is -0.496 e. The fraction of sp³-hybridized carbons (Fsp3) is 0.136. The van der Waals surface area contributed by atoms with Crippen LogP contribution in [-0.2, 0) is 10.0 Å². The van der Waals surface area contributed by atoms with Gasteiger partial charge in [-0.3, -0.25) is 0 Å². The SMILES string of the molecule is COc1ccccc1C1CC(c2ccccc2)=NN1S(=O)(=O)c1ccc(Cl)cc1. The van der Waals surface area contributed by atoms with Gasteiger partial charge >= 0.3 is 0 Å². The minimum atomic E-state index is -3.89. The first-order valence-corrected chi connectivity index (χ1v) is 10.9. The first-order chi connectivity index (χ1) is 14.0. The molecule has 0 saturated carbocycles. The van der Waals surface area contributed by atoms with Crippen LogP contribution in [0.2, 0.25) is 5.02 Å². The van der Waals surface area contributed by atoms with E-state index in [0.29, 0.717) is 22.9 Å². The molecule has 0 amide bonds. The number of nitrogens with zero attached hydrogens (tertiary/aromatic N) is 2. The van der Waals surface area contributed by atoms with Crippen molar-refractivity contribution in [3.63, 3.8) is 0 Å². The molecule has 1 aliphatic heterocycles. The van der Waals surface area contributed by atoms with Gasteiger partial charge in [-0.25, -0.2) is 0 Å². The maximum Gasteiger partial charge on any atom is 0.279 e. The van der Waals surface area contributed by atoms with Gasteiger partial charge in [0.15, 0.2) is 0 Å². The van der Waals surface area contributed by atoms with Crippen molar-refractivity contribution in [2.45, 2.75) is 17.4 Å². The van der Waals surface area contributed by atoms with E-state index in [4.69, 9.17) is 16.3 Å². The lowest BCUT2D eigenvalue weighted by atomic mass is 9.98. The van der Waals surface area contributed by atoms with Crippen molar-refractivity contribution >= 4 is 27.3 Å². The Hall–Kier alpha value is -2.83. The zero-order chi connectivity index (χ0) is 20.4.